The quantitative estimate of drug-likeness (QED) is 0.826. The van der Waals surface area contributed by atoms with Gasteiger partial charge in [-0.25, -0.2) is 4.39 Å². The standard InChI is InChI=1S/C12H18FNO3/c1-7(13)8-4-11(16-2)12(17-3)5-9(8)10(14)6-15/h4-5,7,10,15H,6,14H2,1-3H3. The predicted molar refractivity (Wildman–Crippen MR) is 63.1 cm³/mol. The van der Waals surface area contributed by atoms with Crippen molar-refractivity contribution in [3.63, 3.8) is 0 Å². The van der Waals surface area contributed by atoms with E-state index in [0.717, 1.165) is 0 Å². The van der Waals surface area contributed by atoms with E-state index in [1.165, 1.54) is 21.1 Å². The third-order valence-corrected chi connectivity index (χ3v) is 2.61. The van der Waals surface area contributed by atoms with Gasteiger partial charge >= 0.3 is 0 Å². The lowest BCUT2D eigenvalue weighted by atomic mass is 9.97. The molecular weight excluding hydrogens is 225 g/mol. The molecule has 0 bridgehead atoms. The molecule has 0 aliphatic rings. The average Bonchev–Trinajstić information content (AvgIpc) is 2.35. The van der Waals surface area contributed by atoms with Crippen molar-refractivity contribution in [1.82, 2.24) is 0 Å². The highest BCUT2D eigenvalue weighted by Gasteiger charge is 2.19. The molecule has 0 aliphatic carbocycles. The highest BCUT2D eigenvalue weighted by Crippen LogP contribution is 2.36. The number of rotatable bonds is 5. The molecule has 0 saturated carbocycles. The van der Waals surface area contributed by atoms with E-state index in [4.69, 9.17) is 20.3 Å². The van der Waals surface area contributed by atoms with Crippen LogP contribution < -0.4 is 15.2 Å². The minimum Gasteiger partial charge on any atom is -0.493 e. The van der Waals surface area contributed by atoms with Crippen molar-refractivity contribution in [3.8, 4) is 11.5 Å². The summed E-state index contributed by atoms with van der Waals surface area (Å²) in [6.07, 6.45) is -1.19. The summed E-state index contributed by atoms with van der Waals surface area (Å²) in [7, 11) is 2.97. The normalized spacial score (nSPS) is 14.2. The highest BCUT2D eigenvalue weighted by molar-refractivity contribution is 5.49. The lowest BCUT2D eigenvalue weighted by Crippen LogP contribution is -2.17. The van der Waals surface area contributed by atoms with Crippen LogP contribution in [0.4, 0.5) is 4.39 Å². The second-order valence-corrected chi connectivity index (χ2v) is 3.74. The summed E-state index contributed by atoms with van der Waals surface area (Å²) >= 11 is 0. The number of methoxy groups -OCH3 is 2. The summed E-state index contributed by atoms with van der Waals surface area (Å²) in [5.41, 5.74) is 6.67. The Morgan fingerprint density at radius 1 is 1.24 bits per heavy atom. The van der Waals surface area contributed by atoms with Gasteiger partial charge < -0.3 is 20.3 Å². The van der Waals surface area contributed by atoms with Crippen molar-refractivity contribution >= 4 is 0 Å². The first kappa shape index (κ1) is 13.7. The average molecular weight is 243 g/mol. The van der Waals surface area contributed by atoms with Gasteiger partial charge in [0, 0.05) is 0 Å². The zero-order valence-corrected chi connectivity index (χ0v) is 10.2. The molecule has 0 heterocycles. The summed E-state index contributed by atoms with van der Waals surface area (Å²) in [6.45, 7) is 1.16. The Hall–Kier alpha value is -1.33. The van der Waals surface area contributed by atoms with Crippen LogP contribution in [0.25, 0.3) is 0 Å². The number of hydrogen-bond donors (Lipinski definition) is 2. The fraction of sp³-hybridized carbons (Fsp3) is 0.500. The van der Waals surface area contributed by atoms with Crippen molar-refractivity contribution in [3.05, 3.63) is 23.3 Å². The Morgan fingerprint density at radius 2 is 1.71 bits per heavy atom. The first-order valence-electron chi connectivity index (χ1n) is 5.31. The van der Waals surface area contributed by atoms with Crippen LogP contribution in [0.1, 0.15) is 30.3 Å². The number of ether oxygens (including phenoxy) is 2. The van der Waals surface area contributed by atoms with Crippen molar-refractivity contribution in [2.45, 2.75) is 19.1 Å². The van der Waals surface area contributed by atoms with Gasteiger partial charge in [0.2, 0.25) is 0 Å². The molecule has 4 nitrogen and oxygen atoms in total. The first-order chi connectivity index (χ1) is 8.04. The molecule has 1 aromatic rings. The van der Waals surface area contributed by atoms with Gasteiger partial charge in [0.1, 0.15) is 6.17 Å². The predicted octanol–water partition coefficient (Wildman–Crippen LogP) is 1.73. The van der Waals surface area contributed by atoms with Crippen LogP contribution >= 0.6 is 0 Å². The monoisotopic (exact) mass is 243 g/mol. The molecule has 3 N–H and O–H groups in total. The number of aliphatic hydroxyl groups excluding tert-OH is 1. The summed E-state index contributed by atoms with van der Waals surface area (Å²) < 4.78 is 23.7. The Labute approximate surface area is 100 Å². The van der Waals surface area contributed by atoms with Crippen LogP contribution in [0, 0.1) is 0 Å². The SMILES string of the molecule is COc1cc(C(C)F)c(C(N)CO)cc1OC. The summed E-state index contributed by atoms with van der Waals surface area (Å²) in [4.78, 5) is 0. The van der Waals surface area contributed by atoms with Crippen molar-refractivity contribution < 1.29 is 19.0 Å². The number of aliphatic hydroxyl groups is 1. The first-order valence-corrected chi connectivity index (χ1v) is 5.31. The molecule has 0 aliphatic heterocycles. The molecule has 0 aromatic heterocycles. The number of halogens is 1. The molecule has 0 saturated heterocycles. The van der Waals surface area contributed by atoms with Crippen LogP contribution in [0.2, 0.25) is 0 Å². The Bertz CT molecular complexity index is 382. The largest absolute Gasteiger partial charge is 0.493 e. The fourth-order valence-corrected chi connectivity index (χ4v) is 1.67. The van der Waals surface area contributed by atoms with Gasteiger partial charge in [-0.2, -0.15) is 0 Å². The topological polar surface area (TPSA) is 64.7 Å². The summed E-state index contributed by atoms with van der Waals surface area (Å²) in [5, 5.41) is 9.07. The number of nitrogens with two attached hydrogens (primary N) is 1. The van der Waals surface area contributed by atoms with Crippen molar-refractivity contribution in [2.75, 3.05) is 20.8 Å². The maximum Gasteiger partial charge on any atom is 0.161 e. The van der Waals surface area contributed by atoms with Crippen LogP contribution in [0.15, 0.2) is 12.1 Å². The van der Waals surface area contributed by atoms with Gasteiger partial charge in [0.15, 0.2) is 11.5 Å². The number of hydrogen-bond acceptors (Lipinski definition) is 4. The van der Waals surface area contributed by atoms with Gasteiger partial charge in [-0.15, -0.1) is 0 Å². The molecule has 5 heteroatoms. The van der Waals surface area contributed by atoms with E-state index in [2.05, 4.69) is 0 Å². The van der Waals surface area contributed by atoms with Crippen LogP contribution in [0.3, 0.4) is 0 Å². The molecule has 96 valence electrons. The van der Waals surface area contributed by atoms with Crippen LogP contribution in [-0.2, 0) is 0 Å². The summed E-state index contributed by atoms with van der Waals surface area (Å²) in [6, 6.07) is 2.52. The third-order valence-electron chi connectivity index (χ3n) is 2.61. The van der Waals surface area contributed by atoms with E-state index < -0.39 is 12.2 Å². The second-order valence-electron chi connectivity index (χ2n) is 3.74. The van der Waals surface area contributed by atoms with E-state index in [1.54, 1.807) is 12.1 Å². The van der Waals surface area contributed by atoms with Gasteiger partial charge in [-0.3, -0.25) is 0 Å². The van der Waals surface area contributed by atoms with E-state index in [1.807, 2.05) is 0 Å². The van der Waals surface area contributed by atoms with E-state index in [0.29, 0.717) is 22.6 Å². The molecule has 0 amide bonds. The second kappa shape index (κ2) is 5.84. The van der Waals surface area contributed by atoms with E-state index in [9.17, 15) is 4.39 Å². The Morgan fingerprint density at radius 3 is 2.06 bits per heavy atom. The smallest absolute Gasteiger partial charge is 0.161 e. The van der Waals surface area contributed by atoms with Crippen molar-refractivity contribution in [1.29, 1.82) is 0 Å². The third kappa shape index (κ3) is 2.87. The molecule has 0 fully saturated rings. The molecule has 0 spiro atoms. The zero-order chi connectivity index (χ0) is 13.0. The van der Waals surface area contributed by atoms with Crippen LogP contribution in [0.5, 0.6) is 11.5 Å². The van der Waals surface area contributed by atoms with Crippen LogP contribution in [-0.4, -0.2) is 25.9 Å². The number of benzene rings is 1. The van der Waals surface area contributed by atoms with E-state index in [-0.39, 0.29) is 6.61 Å². The maximum atomic E-state index is 13.5. The minimum atomic E-state index is -1.19. The molecule has 17 heavy (non-hydrogen) atoms. The Balaban J connectivity index is 3.34. The zero-order valence-electron chi connectivity index (χ0n) is 10.2. The molecule has 0 radical (unpaired) electrons. The lowest BCUT2D eigenvalue weighted by molar-refractivity contribution is 0.264. The maximum absolute atomic E-state index is 13.5. The van der Waals surface area contributed by atoms with Gasteiger partial charge in [-0.05, 0) is 30.2 Å². The van der Waals surface area contributed by atoms with Gasteiger partial charge in [-0.1, -0.05) is 0 Å². The number of alkyl halides is 1. The fourth-order valence-electron chi connectivity index (χ4n) is 1.67. The Kier molecular flexibility index (Phi) is 4.72. The minimum absolute atomic E-state index is 0.255. The van der Waals surface area contributed by atoms with Crippen molar-refractivity contribution in [2.24, 2.45) is 5.73 Å². The van der Waals surface area contributed by atoms with Gasteiger partial charge in [0.05, 0.1) is 26.9 Å². The lowest BCUT2D eigenvalue weighted by Gasteiger charge is -2.18. The molecule has 2 atom stereocenters. The van der Waals surface area contributed by atoms with E-state index >= 15 is 0 Å². The molecule has 1 aromatic carbocycles. The summed E-state index contributed by atoms with van der Waals surface area (Å²) in [5.74, 6) is 0.914. The molecular formula is C12H18FNO3. The molecule has 1 rings (SSSR count). The highest BCUT2D eigenvalue weighted by atomic mass is 19.1. The van der Waals surface area contributed by atoms with Gasteiger partial charge in [0.25, 0.3) is 0 Å². The molecule has 2 unspecified atom stereocenters.